The summed E-state index contributed by atoms with van der Waals surface area (Å²) in [5.41, 5.74) is 0.757. The molecule has 0 atom stereocenters. The molecule has 2 aliphatic heterocycles. The Labute approximate surface area is 106 Å². The average Bonchev–Trinajstić information content (AvgIpc) is 2.21. The molecule has 1 saturated carbocycles. The highest BCUT2D eigenvalue weighted by atomic mass is 35.5. The number of nitrogens with one attached hydrogen (secondary N) is 1. The molecule has 94 valence electrons. The monoisotopic (exact) mass is 244 g/mol. The Morgan fingerprint density at radius 3 is 2.06 bits per heavy atom. The molecule has 0 aromatic carbocycles. The Kier molecular flexibility index (Phi) is 4.15. The number of halogens is 1. The molecule has 0 unspecified atom stereocenters. The van der Waals surface area contributed by atoms with Crippen LogP contribution in [0.25, 0.3) is 0 Å². The molecule has 3 aliphatic rings. The second-order valence-electron chi connectivity index (χ2n) is 5.87. The molecule has 0 radical (unpaired) electrons. The van der Waals surface area contributed by atoms with E-state index in [-0.39, 0.29) is 12.4 Å². The predicted octanol–water partition coefficient (Wildman–Crippen LogP) is 2.43. The molecule has 2 heterocycles. The lowest BCUT2D eigenvalue weighted by molar-refractivity contribution is 0.0359. The van der Waals surface area contributed by atoms with E-state index in [1.54, 1.807) is 0 Å². The summed E-state index contributed by atoms with van der Waals surface area (Å²) in [6, 6.07) is 0.958. The standard InChI is InChI=1S/C13H24N2.ClH/c1-10-15(11-1)12-2-4-13(5-3-12)6-8-14-9-7-13;/h12,14H,1-11H2;1H. The van der Waals surface area contributed by atoms with Crippen LogP contribution in [-0.2, 0) is 0 Å². The summed E-state index contributed by atoms with van der Waals surface area (Å²) in [6.07, 6.45) is 10.3. The number of hydrogen-bond acceptors (Lipinski definition) is 2. The van der Waals surface area contributed by atoms with Crippen LogP contribution in [0.15, 0.2) is 0 Å². The van der Waals surface area contributed by atoms with Gasteiger partial charge in [-0.1, -0.05) is 0 Å². The van der Waals surface area contributed by atoms with E-state index in [9.17, 15) is 0 Å². The van der Waals surface area contributed by atoms with Gasteiger partial charge in [-0.15, -0.1) is 12.4 Å². The molecule has 0 aromatic rings. The van der Waals surface area contributed by atoms with Crippen molar-refractivity contribution in [2.75, 3.05) is 26.2 Å². The van der Waals surface area contributed by atoms with Crippen molar-refractivity contribution in [1.82, 2.24) is 10.2 Å². The minimum atomic E-state index is 0. The van der Waals surface area contributed by atoms with Crippen molar-refractivity contribution >= 4 is 12.4 Å². The zero-order chi connectivity index (χ0) is 10.1. The molecule has 1 N–H and O–H groups in total. The SMILES string of the molecule is C1CN(C2CCC3(CCNCC3)CC2)C1.Cl. The summed E-state index contributed by atoms with van der Waals surface area (Å²) in [5, 5.41) is 3.50. The topological polar surface area (TPSA) is 15.3 Å². The van der Waals surface area contributed by atoms with Crippen LogP contribution < -0.4 is 5.32 Å². The van der Waals surface area contributed by atoms with Gasteiger partial charge in [0.1, 0.15) is 0 Å². The molecule has 0 amide bonds. The highest BCUT2D eigenvalue weighted by Gasteiger charge is 2.38. The molecule has 3 rings (SSSR count). The van der Waals surface area contributed by atoms with E-state index in [1.807, 2.05) is 0 Å². The Balaban J connectivity index is 0.000000963. The fraction of sp³-hybridized carbons (Fsp3) is 1.00. The largest absolute Gasteiger partial charge is 0.317 e. The van der Waals surface area contributed by atoms with Gasteiger partial charge in [0.05, 0.1) is 0 Å². The smallest absolute Gasteiger partial charge is 0.00956 e. The molecule has 0 bridgehead atoms. The number of hydrogen-bond donors (Lipinski definition) is 1. The van der Waals surface area contributed by atoms with Crippen LogP contribution in [0.5, 0.6) is 0 Å². The average molecular weight is 245 g/mol. The Hall–Kier alpha value is 0.210. The van der Waals surface area contributed by atoms with E-state index < -0.39 is 0 Å². The van der Waals surface area contributed by atoms with Crippen LogP contribution >= 0.6 is 12.4 Å². The first-order chi connectivity index (χ1) is 7.38. The van der Waals surface area contributed by atoms with Gasteiger partial charge in [0, 0.05) is 6.04 Å². The van der Waals surface area contributed by atoms with Crippen LogP contribution in [0.2, 0.25) is 0 Å². The summed E-state index contributed by atoms with van der Waals surface area (Å²) in [5.74, 6) is 0. The first-order valence-corrected chi connectivity index (χ1v) is 6.83. The molecule has 3 fully saturated rings. The molecule has 3 heteroatoms. The van der Waals surface area contributed by atoms with E-state index in [4.69, 9.17) is 0 Å². The van der Waals surface area contributed by atoms with Crippen molar-refractivity contribution < 1.29 is 0 Å². The second kappa shape index (κ2) is 5.24. The van der Waals surface area contributed by atoms with Crippen molar-refractivity contribution in [2.45, 2.75) is 51.0 Å². The van der Waals surface area contributed by atoms with E-state index in [0.29, 0.717) is 0 Å². The minimum Gasteiger partial charge on any atom is -0.317 e. The normalized spacial score (nSPS) is 30.8. The van der Waals surface area contributed by atoms with Crippen LogP contribution in [-0.4, -0.2) is 37.1 Å². The lowest BCUT2D eigenvalue weighted by atomic mass is 9.67. The van der Waals surface area contributed by atoms with Crippen molar-refractivity contribution in [3.8, 4) is 0 Å². The van der Waals surface area contributed by atoms with Gasteiger partial charge in [-0.25, -0.2) is 0 Å². The van der Waals surface area contributed by atoms with Gasteiger partial charge in [-0.2, -0.15) is 0 Å². The lowest BCUT2D eigenvalue weighted by Crippen LogP contribution is -2.49. The predicted molar refractivity (Wildman–Crippen MR) is 70.2 cm³/mol. The van der Waals surface area contributed by atoms with Gasteiger partial charge >= 0.3 is 0 Å². The maximum Gasteiger partial charge on any atom is 0.00956 e. The summed E-state index contributed by atoms with van der Waals surface area (Å²) in [7, 11) is 0. The molecule has 1 aliphatic carbocycles. The maximum atomic E-state index is 3.50. The van der Waals surface area contributed by atoms with Gasteiger partial charge in [-0.05, 0) is 76.5 Å². The van der Waals surface area contributed by atoms with Crippen molar-refractivity contribution in [1.29, 1.82) is 0 Å². The van der Waals surface area contributed by atoms with E-state index >= 15 is 0 Å². The molecule has 2 saturated heterocycles. The third-order valence-corrected chi connectivity index (χ3v) is 5.09. The van der Waals surface area contributed by atoms with Gasteiger partial charge in [-0.3, -0.25) is 0 Å². The number of nitrogens with zero attached hydrogens (tertiary/aromatic N) is 1. The minimum absolute atomic E-state index is 0. The quantitative estimate of drug-likeness (QED) is 0.762. The summed E-state index contributed by atoms with van der Waals surface area (Å²) < 4.78 is 0. The molecule has 2 nitrogen and oxygen atoms in total. The zero-order valence-corrected chi connectivity index (χ0v) is 11.0. The first kappa shape index (κ1) is 12.7. The fourth-order valence-electron chi connectivity index (χ4n) is 3.74. The molecule has 1 spiro atoms. The highest BCUT2D eigenvalue weighted by Crippen LogP contribution is 2.44. The number of likely N-dealkylation sites (tertiary alicyclic amines) is 1. The molecular formula is C13H25ClN2. The Bertz CT molecular complexity index is 212. The molecular weight excluding hydrogens is 220 g/mol. The lowest BCUT2D eigenvalue weighted by Gasteiger charge is -2.48. The van der Waals surface area contributed by atoms with Crippen molar-refractivity contribution in [3.63, 3.8) is 0 Å². The van der Waals surface area contributed by atoms with Gasteiger partial charge < -0.3 is 10.2 Å². The van der Waals surface area contributed by atoms with E-state index in [0.717, 1.165) is 11.5 Å². The van der Waals surface area contributed by atoms with Crippen LogP contribution in [0.4, 0.5) is 0 Å². The maximum absolute atomic E-state index is 3.50. The number of rotatable bonds is 1. The highest BCUT2D eigenvalue weighted by molar-refractivity contribution is 5.85. The molecule has 16 heavy (non-hydrogen) atoms. The Morgan fingerprint density at radius 2 is 1.56 bits per heavy atom. The summed E-state index contributed by atoms with van der Waals surface area (Å²) in [4.78, 5) is 2.72. The van der Waals surface area contributed by atoms with Gasteiger partial charge in [0.2, 0.25) is 0 Å². The van der Waals surface area contributed by atoms with Gasteiger partial charge in [0.15, 0.2) is 0 Å². The Morgan fingerprint density at radius 1 is 0.938 bits per heavy atom. The van der Waals surface area contributed by atoms with E-state index in [1.165, 1.54) is 71.1 Å². The number of piperidine rings is 1. The third-order valence-electron chi connectivity index (χ3n) is 5.09. The van der Waals surface area contributed by atoms with Gasteiger partial charge in [0.25, 0.3) is 0 Å². The molecule has 0 aromatic heterocycles. The van der Waals surface area contributed by atoms with E-state index in [2.05, 4.69) is 10.2 Å². The third kappa shape index (κ3) is 2.39. The second-order valence-corrected chi connectivity index (χ2v) is 5.87. The summed E-state index contributed by atoms with van der Waals surface area (Å²) >= 11 is 0. The fourth-order valence-corrected chi connectivity index (χ4v) is 3.74. The van der Waals surface area contributed by atoms with Crippen LogP contribution in [0, 0.1) is 5.41 Å². The van der Waals surface area contributed by atoms with Crippen LogP contribution in [0.1, 0.15) is 44.9 Å². The zero-order valence-electron chi connectivity index (χ0n) is 10.2. The van der Waals surface area contributed by atoms with Crippen molar-refractivity contribution in [3.05, 3.63) is 0 Å². The van der Waals surface area contributed by atoms with Crippen LogP contribution in [0.3, 0.4) is 0 Å². The first-order valence-electron chi connectivity index (χ1n) is 6.83. The van der Waals surface area contributed by atoms with Crippen molar-refractivity contribution in [2.24, 2.45) is 5.41 Å². The summed E-state index contributed by atoms with van der Waals surface area (Å²) in [6.45, 7) is 5.32.